The summed E-state index contributed by atoms with van der Waals surface area (Å²) < 4.78 is 0. The summed E-state index contributed by atoms with van der Waals surface area (Å²) >= 11 is 0. The van der Waals surface area contributed by atoms with Gasteiger partial charge >= 0.3 is 0 Å². The minimum atomic E-state index is 0.0765. The Morgan fingerprint density at radius 3 is 2.29 bits per heavy atom. The monoisotopic (exact) mass is 240 g/mol. The largest absolute Gasteiger partial charge is 0.344 e. The third-order valence-electron chi connectivity index (χ3n) is 2.54. The zero-order chi connectivity index (χ0) is 13.3. The summed E-state index contributed by atoms with van der Waals surface area (Å²) in [5.41, 5.74) is 0. The van der Waals surface area contributed by atoms with Crippen molar-refractivity contribution in [2.75, 3.05) is 54.4 Å². The van der Waals surface area contributed by atoms with E-state index in [9.17, 15) is 4.79 Å². The van der Waals surface area contributed by atoms with Gasteiger partial charge in [-0.2, -0.15) is 5.26 Å². The van der Waals surface area contributed by atoms with E-state index in [2.05, 4.69) is 4.90 Å². The maximum Gasteiger partial charge on any atom is 0.236 e. The number of carbonyl (C=O) groups is 1. The fourth-order valence-corrected chi connectivity index (χ4v) is 1.43. The molecule has 0 saturated carbocycles. The Labute approximate surface area is 105 Å². The Hall–Kier alpha value is -1.12. The quantitative estimate of drug-likeness (QED) is 0.610. The van der Waals surface area contributed by atoms with E-state index in [0.717, 1.165) is 19.5 Å². The molecule has 0 atom stereocenters. The van der Waals surface area contributed by atoms with Crippen LogP contribution < -0.4 is 0 Å². The molecule has 98 valence electrons. The van der Waals surface area contributed by atoms with Crippen molar-refractivity contribution in [3.8, 4) is 6.07 Å². The molecule has 0 aromatic heterocycles. The molecule has 0 bridgehead atoms. The Kier molecular flexibility index (Phi) is 8.38. The van der Waals surface area contributed by atoms with Crippen LogP contribution in [0.15, 0.2) is 0 Å². The van der Waals surface area contributed by atoms with Crippen LogP contribution >= 0.6 is 0 Å². The lowest BCUT2D eigenvalue weighted by molar-refractivity contribution is -0.130. The van der Waals surface area contributed by atoms with Crippen molar-refractivity contribution < 1.29 is 4.79 Å². The Bertz CT molecular complexity index is 260. The fourth-order valence-electron chi connectivity index (χ4n) is 1.43. The first-order chi connectivity index (χ1) is 7.97. The van der Waals surface area contributed by atoms with E-state index in [1.807, 2.05) is 32.1 Å². The average Bonchev–Trinajstić information content (AvgIpc) is 2.25. The lowest BCUT2D eigenvalue weighted by Crippen LogP contribution is -2.37. The molecule has 0 aromatic carbocycles. The van der Waals surface area contributed by atoms with Crippen LogP contribution in [-0.4, -0.2) is 75.0 Å². The van der Waals surface area contributed by atoms with Crippen LogP contribution in [0.1, 0.15) is 12.8 Å². The molecular formula is C12H24N4O. The number of nitrogens with zero attached hydrogens (tertiary/aromatic N) is 4. The van der Waals surface area contributed by atoms with Gasteiger partial charge in [0.1, 0.15) is 0 Å². The van der Waals surface area contributed by atoms with Crippen LogP contribution in [0.3, 0.4) is 0 Å². The molecule has 0 aromatic rings. The molecule has 0 heterocycles. The maximum absolute atomic E-state index is 11.7. The van der Waals surface area contributed by atoms with Crippen LogP contribution in [0.5, 0.6) is 0 Å². The number of hydrogen-bond donors (Lipinski definition) is 0. The first-order valence-corrected chi connectivity index (χ1v) is 5.91. The molecular weight excluding hydrogens is 216 g/mol. The van der Waals surface area contributed by atoms with Crippen LogP contribution in [0, 0.1) is 11.3 Å². The number of rotatable bonds is 8. The van der Waals surface area contributed by atoms with Gasteiger partial charge in [0.2, 0.25) is 5.91 Å². The van der Waals surface area contributed by atoms with Crippen LogP contribution in [0.4, 0.5) is 0 Å². The minimum absolute atomic E-state index is 0.0765. The first kappa shape index (κ1) is 15.9. The number of hydrogen-bond acceptors (Lipinski definition) is 4. The highest BCUT2D eigenvalue weighted by Crippen LogP contribution is 1.93. The second-order valence-electron chi connectivity index (χ2n) is 4.62. The third-order valence-corrected chi connectivity index (χ3v) is 2.54. The molecule has 0 spiro atoms. The van der Waals surface area contributed by atoms with Gasteiger partial charge in [-0.05, 0) is 40.7 Å². The van der Waals surface area contributed by atoms with Crippen LogP contribution in [0.25, 0.3) is 0 Å². The highest BCUT2D eigenvalue weighted by molar-refractivity contribution is 5.77. The van der Waals surface area contributed by atoms with Crippen LogP contribution in [0.2, 0.25) is 0 Å². The van der Waals surface area contributed by atoms with Gasteiger partial charge in [0.05, 0.1) is 19.0 Å². The molecule has 0 unspecified atom stereocenters. The summed E-state index contributed by atoms with van der Waals surface area (Å²) in [5, 5.41) is 8.44. The molecule has 0 aliphatic rings. The molecule has 0 radical (unpaired) electrons. The van der Waals surface area contributed by atoms with Crippen molar-refractivity contribution in [1.29, 1.82) is 5.26 Å². The molecule has 0 rings (SSSR count). The topological polar surface area (TPSA) is 50.6 Å². The van der Waals surface area contributed by atoms with E-state index in [4.69, 9.17) is 5.26 Å². The lowest BCUT2D eigenvalue weighted by Gasteiger charge is -2.21. The molecule has 0 saturated heterocycles. The van der Waals surface area contributed by atoms with Gasteiger partial charge in [-0.25, -0.2) is 0 Å². The number of amides is 1. The Balaban J connectivity index is 3.75. The summed E-state index contributed by atoms with van der Waals surface area (Å²) in [6.45, 7) is 2.88. The highest BCUT2D eigenvalue weighted by atomic mass is 16.2. The second-order valence-corrected chi connectivity index (χ2v) is 4.62. The Morgan fingerprint density at radius 1 is 1.12 bits per heavy atom. The van der Waals surface area contributed by atoms with Crippen molar-refractivity contribution in [2.45, 2.75) is 12.8 Å². The Morgan fingerprint density at radius 2 is 1.76 bits per heavy atom. The zero-order valence-electron chi connectivity index (χ0n) is 11.4. The van der Waals surface area contributed by atoms with E-state index in [1.165, 1.54) is 0 Å². The van der Waals surface area contributed by atoms with E-state index in [1.54, 1.807) is 11.9 Å². The van der Waals surface area contributed by atoms with E-state index >= 15 is 0 Å². The molecule has 0 fully saturated rings. The van der Waals surface area contributed by atoms with Crippen molar-refractivity contribution in [2.24, 2.45) is 0 Å². The molecule has 0 N–H and O–H groups in total. The SMILES string of the molecule is CN(C)CCCN(C)CC(=O)N(C)CCC#N. The van der Waals surface area contributed by atoms with E-state index < -0.39 is 0 Å². The summed E-state index contributed by atoms with van der Waals surface area (Å²) in [6.07, 6.45) is 1.45. The van der Waals surface area contributed by atoms with Gasteiger partial charge in [-0.1, -0.05) is 0 Å². The van der Waals surface area contributed by atoms with Gasteiger partial charge in [0, 0.05) is 13.6 Å². The summed E-state index contributed by atoms with van der Waals surface area (Å²) in [6, 6.07) is 2.04. The smallest absolute Gasteiger partial charge is 0.236 e. The van der Waals surface area contributed by atoms with Gasteiger partial charge in [0.25, 0.3) is 0 Å². The average molecular weight is 240 g/mol. The summed E-state index contributed by atoms with van der Waals surface area (Å²) in [7, 11) is 7.78. The van der Waals surface area contributed by atoms with Crippen LogP contribution in [-0.2, 0) is 4.79 Å². The molecule has 0 aliphatic heterocycles. The lowest BCUT2D eigenvalue weighted by atomic mass is 10.3. The summed E-state index contributed by atoms with van der Waals surface area (Å²) in [5.74, 6) is 0.0765. The van der Waals surface area contributed by atoms with Crippen molar-refractivity contribution in [1.82, 2.24) is 14.7 Å². The van der Waals surface area contributed by atoms with Gasteiger partial charge < -0.3 is 9.80 Å². The van der Waals surface area contributed by atoms with Crippen molar-refractivity contribution in [3.05, 3.63) is 0 Å². The third kappa shape index (κ3) is 8.66. The molecule has 1 amide bonds. The highest BCUT2D eigenvalue weighted by Gasteiger charge is 2.10. The second kappa shape index (κ2) is 8.97. The predicted octanol–water partition coefficient (Wildman–Crippen LogP) is 0.242. The molecule has 5 heteroatoms. The van der Waals surface area contributed by atoms with Crippen molar-refractivity contribution in [3.63, 3.8) is 0 Å². The van der Waals surface area contributed by atoms with E-state index in [0.29, 0.717) is 19.5 Å². The first-order valence-electron chi connectivity index (χ1n) is 5.91. The van der Waals surface area contributed by atoms with Crippen molar-refractivity contribution >= 4 is 5.91 Å². The van der Waals surface area contributed by atoms with Gasteiger partial charge in [-0.3, -0.25) is 9.69 Å². The molecule has 17 heavy (non-hydrogen) atoms. The normalized spacial score (nSPS) is 10.6. The fraction of sp³-hybridized carbons (Fsp3) is 0.833. The standard InChI is InChI=1S/C12H24N4O/c1-14(2)8-6-9-15(3)11-12(17)16(4)10-5-7-13/h5-6,8-11H2,1-4H3. The molecule has 0 aliphatic carbocycles. The maximum atomic E-state index is 11.7. The molecule has 5 nitrogen and oxygen atoms in total. The van der Waals surface area contributed by atoms with Gasteiger partial charge in [-0.15, -0.1) is 0 Å². The van der Waals surface area contributed by atoms with Gasteiger partial charge in [0.15, 0.2) is 0 Å². The number of carbonyl (C=O) groups excluding carboxylic acids is 1. The summed E-state index contributed by atoms with van der Waals surface area (Å²) in [4.78, 5) is 17.5. The van der Waals surface area contributed by atoms with E-state index in [-0.39, 0.29) is 5.91 Å². The predicted molar refractivity (Wildman–Crippen MR) is 68.5 cm³/mol. The minimum Gasteiger partial charge on any atom is -0.344 e. The number of likely N-dealkylation sites (N-methyl/N-ethyl adjacent to an activating group) is 2. The number of nitriles is 1. The zero-order valence-corrected chi connectivity index (χ0v) is 11.4.